The highest BCUT2D eigenvalue weighted by Gasteiger charge is 2.23. The fourth-order valence-electron chi connectivity index (χ4n) is 2.56. The summed E-state index contributed by atoms with van der Waals surface area (Å²) in [5.41, 5.74) is 4.32. The number of benzene rings is 1. The van der Waals surface area contributed by atoms with Gasteiger partial charge in [0.05, 0.1) is 6.61 Å². The summed E-state index contributed by atoms with van der Waals surface area (Å²) in [6.45, 7) is 3.04. The fraction of sp³-hybridized carbons (Fsp3) is 0.600. The lowest BCUT2D eigenvalue weighted by Gasteiger charge is -2.28. The molecule has 0 radical (unpaired) electrons. The molecule has 1 heterocycles. The Balaban J connectivity index is 1.94. The van der Waals surface area contributed by atoms with E-state index in [9.17, 15) is 0 Å². The molecule has 2 atom stereocenters. The van der Waals surface area contributed by atoms with Crippen LogP contribution in [0.5, 0.6) is 5.75 Å². The molecule has 0 fully saturated rings. The summed E-state index contributed by atoms with van der Waals surface area (Å²) in [6.07, 6.45) is 3.41. The van der Waals surface area contributed by atoms with Crippen molar-refractivity contribution in [2.45, 2.75) is 38.1 Å². The zero-order valence-electron chi connectivity index (χ0n) is 11.6. The average Bonchev–Trinajstić information content (AvgIpc) is 2.46. The number of hydrogen-bond donors (Lipinski definition) is 2. The van der Waals surface area contributed by atoms with E-state index in [-0.39, 0.29) is 0 Å². The van der Waals surface area contributed by atoms with Gasteiger partial charge in [0.25, 0.3) is 0 Å². The van der Waals surface area contributed by atoms with Gasteiger partial charge in [0.2, 0.25) is 0 Å². The Morgan fingerprint density at radius 3 is 3.11 bits per heavy atom. The standard InChI is InChI=1S/C15H24N2OS/c1-2-9-19-11-13(17-16)10-12-7-8-18-15-6-4-3-5-14(12)15/h3-6,12-13,17H,2,7-11,16H2,1H3. The zero-order chi connectivity index (χ0) is 13.5. The Labute approximate surface area is 120 Å². The molecule has 2 rings (SSSR count). The molecule has 1 aromatic rings. The molecule has 0 aromatic heterocycles. The third-order valence-corrected chi connectivity index (χ3v) is 4.89. The molecule has 0 bridgehead atoms. The fourth-order valence-corrected chi connectivity index (χ4v) is 3.53. The van der Waals surface area contributed by atoms with Gasteiger partial charge in [-0.1, -0.05) is 25.1 Å². The van der Waals surface area contributed by atoms with Crippen molar-refractivity contribution in [2.24, 2.45) is 5.84 Å². The van der Waals surface area contributed by atoms with Crippen molar-refractivity contribution >= 4 is 11.8 Å². The van der Waals surface area contributed by atoms with Crippen LogP contribution in [-0.2, 0) is 0 Å². The maximum Gasteiger partial charge on any atom is 0.122 e. The second-order valence-electron chi connectivity index (χ2n) is 5.05. The number of hydrazine groups is 1. The summed E-state index contributed by atoms with van der Waals surface area (Å²) >= 11 is 1.98. The van der Waals surface area contributed by atoms with Gasteiger partial charge in [0, 0.05) is 11.8 Å². The van der Waals surface area contributed by atoms with Crippen molar-refractivity contribution in [1.82, 2.24) is 5.43 Å². The lowest BCUT2D eigenvalue weighted by Crippen LogP contribution is -2.38. The highest BCUT2D eigenvalue weighted by molar-refractivity contribution is 7.99. The topological polar surface area (TPSA) is 47.3 Å². The summed E-state index contributed by atoms with van der Waals surface area (Å²) in [5.74, 6) is 9.61. The van der Waals surface area contributed by atoms with Crippen molar-refractivity contribution in [3.8, 4) is 5.75 Å². The van der Waals surface area contributed by atoms with Crippen LogP contribution in [0.4, 0.5) is 0 Å². The van der Waals surface area contributed by atoms with Gasteiger partial charge in [-0.2, -0.15) is 11.8 Å². The largest absolute Gasteiger partial charge is 0.493 e. The van der Waals surface area contributed by atoms with Gasteiger partial charge in [-0.3, -0.25) is 11.3 Å². The van der Waals surface area contributed by atoms with E-state index in [1.165, 1.54) is 17.7 Å². The van der Waals surface area contributed by atoms with Crippen LogP contribution in [0.3, 0.4) is 0 Å². The summed E-state index contributed by atoms with van der Waals surface area (Å²) in [7, 11) is 0. The predicted octanol–water partition coefficient (Wildman–Crippen LogP) is 2.92. The number of para-hydroxylation sites is 1. The number of rotatable bonds is 7. The van der Waals surface area contributed by atoms with Crippen LogP contribution in [0, 0.1) is 0 Å². The summed E-state index contributed by atoms with van der Waals surface area (Å²) in [6, 6.07) is 8.77. The van der Waals surface area contributed by atoms with E-state index in [0.29, 0.717) is 12.0 Å². The van der Waals surface area contributed by atoms with Crippen LogP contribution < -0.4 is 16.0 Å². The van der Waals surface area contributed by atoms with Crippen LogP contribution in [0.25, 0.3) is 0 Å². The maximum atomic E-state index is 5.71. The molecule has 1 aliphatic heterocycles. The Morgan fingerprint density at radius 2 is 2.32 bits per heavy atom. The van der Waals surface area contributed by atoms with E-state index in [2.05, 4.69) is 30.5 Å². The van der Waals surface area contributed by atoms with Crippen LogP contribution in [0.15, 0.2) is 24.3 Å². The minimum Gasteiger partial charge on any atom is -0.493 e. The van der Waals surface area contributed by atoms with Crippen molar-refractivity contribution in [2.75, 3.05) is 18.1 Å². The molecule has 4 heteroatoms. The second-order valence-corrected chi connectivity index (χ2v) is 6.20. The minimum atomic E-state index is 0.382. The van der Waals surface area contributed by atoms with Gasteiger partial charge in [-0.15, -0.1) is 0 Å². The first-order valence-corrected chi connectivity index (χ1v) is 8.26. The number of hydrogen-bond acceptors (Lipinski definition) is 4. The summed E-state index contributed by atoms with van der Waals surface area (Å²) in [4.78, 5) is 0. The molecule has 0 amide bonds. The molecular formula is C15H24N2OS. The molecule has 19 heavy (non-hydrogen) atoms. The third-order valence-electron chi connectivity index (χ3n) is 3.55. The van der Waals surface area contributed by atoms with Crippen molar-refractivity contribution < 1.29 is 4.74 Å². The lowest BCUT2D eigenvalue weighted by atomic mass is 9.88. The molecule has 3 nitrogen and oxygen atoms in total. The van der Waals surface area contributed by atoms with Gasteiger partial charge < -0.3 is 4.74 Å². The van der Waals surface area contributed by atoms with Crippen LogP contribution in [0.1, 0.15) is 37.7 Å². The highest BCUT2D eigenvalue weighted by Crippen LogP contribution is 2.36. The van der Waals surface area contributed by atoms with Gasteiger partial charge in [0.1, 0.15) is 5.75 Å². The summed E-state index contributed by atoms with van der Waals surface area (Å²) in [5, 5.41) is 0. The van der Waals surface area contributed by atoms with Crippen molar-refractivity contribution in [1.29, 1.82) is 0 Å². The SMILES string of the molecule is CCCSCC(CC1CCOc2ccccc21)NN. The second kappa shape index (κ2) is 7.78. The van der Waals surface area contributed by atoms with Gasteiger partial charge in [-0.25, -0.2) is 0 Å². The summed E-state index contributed by atoms with van der Waals surface area (Å²) < 4.78 is 5.71. The number of ether oxygens (including phenoxy) is 1. The molecule has 0 saturated heterocycles. The van der Waals surface area contributed by atoms with E-state index in [4.69, 9.17) is 10.6 Å². The molecule has 106 valence electrons. The molecular weight excluding hydrogens is 256 g/mol. The molecule has 0 aliphatic carbocycles. The first kappa shape index (κ1) is 14.7. The third kappa shape index (κ3) is 4.13. The number of thioether (sulfide) groups is 1. The zero-order valence-corrected chi connectivity index (χ0v) is 12.4. The van der Waals surface area contributed by atoms with Gasteiger partial charge in [0.15, 0.2) is 0 Å². The molecule has 1 aromatic carbocycles. The first-order chi connectivity index (χ1) is 9.35. The van der Waals surface area contributed by atoms with Crippen LogP contribution in [0.2, 0.25) is 0 Å². The van der Waals surface area contributed by atoms with E-state index in [1.807, 2.05) is 17.8 Å². The number of nitrogens with one attached hydrogen (secondary N) is 1. The smallest absolute Gasteiger partial charge is 0.122 e. The van der Waals surface area contributed by atoms with Gasteiger partial charge >= 0.3 is 0 Å². The number of nitrogens with two attached hydrogens (primary N) is 1. The molecule has 1 aliphatic rings. The first-order valence-electron chi connectivity index (χ1n) is 7.10. The van der Waals surface area contributed by atoms with Crippen molar-refractivity contribution in [3.63, 3.8) is 0 Å². The van der Waals surface area contributed by atoms with E-state index in [0.717, 1.165) is 31.0 Å². The van der Waals surface area contributed by atoms with E-state index >= 15 is 0 Å². The van der Waals surface area contributed by atoms with Crippen molar-refractivity contribution in [3.05, 3.63) is 29.8 Å². The quantitative estimate of drug-likeness (QED) is 0.458. The Morgan fingerprint density at radius 1 is 1.47 bits per heavy atom. The van der Waals surface area contributed by atoms with Gasteiger partial charge in [-0.05, 0) is 42.6 Å². The normalized spacial score (nSPS) is 19.6. The minimum absolute atomic E-state index is 0.382. The Kier molecular flexibility index (Phi) is 6.01. The monoisotopic (exact) mass is 280 g/mol. The predicted molar refractivity (Wildman–Crippen MR) is 82.6 cm³/mol. The molecule has 0 saturated carbocycles. The Hall–Kier alpha value is -0.710. The number of fused-ring (bicyclic) bond motifs is 1. The molecule has 3 N–H and O–H groups in total. The van der Waals surface area contributed by atoms with E-state index < -0.39 is 0 Å². The Bertz CT molecular complexity index is 386. The molecule has 0 spiro atoms. The highest BCUT2D eigenvalue weighted by atomic mass is 32.2. The van der Waals surface area contributed by atoms with Crippen LogP contribution >= 0.6 is 11.8 Å². The van der Waals surface area contributed by atoms with E-state index in [1.54, 1.807) is 0 Å². The lowest BCUT2D eigenvalue weighted by molar-refractivity contribution is 0.257. The van der Waals surface area contributed by atoms with Crippen LogP contribution in [-0.4, -0.2) is 24.2 Å². The maximum absolute atomic E-state index is 5.71. The molecule has 2 unspecified atom stereocenters. The average molecular weight is 280 g/mol.